The Morgan fingerprint density at radius 2 is 1.93 bits per heavy atom. The van der Waals surface area contributed by atoms with Crippen molar-refractivity contribution in [2.45, 2.75) is 61.5 Å². The lowest BCUT2D eigenvalue weighted by Crippen LogP contribution is -2.71. The molecule has 4 N–H and O–H groups in total. The molecule has 6 atom stereocenters. The van der Waals surface area contributed by atoms with E-state index >= 15 is 0 Å². The molecule has 8 rings (SSSR count). The van der Waals surface area contributed by atoms with Crippen LogP contribution in [-0.4, -0.2) is 104 Å². The standard InChI is InChI=1S/C32H33N5O6/c1-35-17-31(41,15-21-20-9-5-10-22-26(20)19(16-33-22)14-23(21)35)30(40)34-27-29(39)37-24(13-18-7-3-2-4-8-18)28(38)36-12-6-11-25(36)32(37,42)43-27/h2-5,7-10,15-16,23-25,27,33,41-42H,6,11-14,17H2,1H3,(H,34,40)/t23-,24+,25+,27-,31+,32+/m1/s1. The molecule has 0 bridgehead atoms. The lowest BCUT2D eigenvalue weighted by atomic mass is 9.78. The van der Waals surface area contributed by atoms with E-state index in [1.807, 2.05) is 66.7 Å². The molecular weight excluding hydrogens is 550 g/mol. The number of hydrogen-bond acceptors (Lipinski definition) is 7. The van der Waals surface area contributed by atoms with Crippen molar-refractivity contribution in [3.8, 4) is 0 Å². The Labute approximate surface area is 247 Å². The second kappa shape index (κ2) is 9.23. The van der Waals surface area contributed by atoms with Crippen molar-refractivity contribution in [2.24, 2.45) is 0 Å². The molecule has 5 heterocycles. The molecular formula is C32H33N5O6. The van der Waals surface area contributed by atoms with Crippen molar-refractivity contribution in [3.63, 3.8) is 0 Å². The van der Waals surface area contributed by atoms with Gasteiger partial charge in [-0.1, -0.05) is 42.5 Å². The maximum Gasteiger partial charge on any atom is 0.277 e. The average molecular weight is 584 g/mol. The second-order valence-electron chi connectivity index (χ2n) is 12.4. The Hall–Kier alpha value is -4.03. The van der Waals surface area contributed by atoms with Crippen molar-refractivity contribution >= 4 is 34.2 Å². The molecule has 3 aromatic rings. The molecule has 0 spiro atoms. The summed E-state index contributed by atoms with van der Waals surface area (Å²) in [6.07, 6.45) is 4.08. The summed E-state index contributed by atoms with van der Waals surface area (Å²) in [4.78, 5) is 49.2. The summed E-state index contributed by atoms with van der Waals surface area (Å²) in [6.45, 7) is 0.457. The van der Waals surface area contributed by atoms with Crippen LogP contribution in [0.3, 0.4) is 0 Å². The molecule has 5 aliphatic rings. The monoisotopic (exact) mass is 583 g/mol. The van der Waals surface area contributed by atoms with Crippen LogP contribution in [0.5, 0.6) is 0 Å². The van der Waals surface area contributed by atoms with Gasteiger partial charge >= 0.3 is 0 Å². The van der Waals surface area contributed by atoms with E-state index in [9.17, 15) is 24.6 Å². The molecule has 2 aromatic carbocycles. The topological polar surface area (TPSA) is 138 Å². The van der Waals surface area contributed by atoms with Gasteiger partial charge in [-0.05, 0) is 60.7 Å². The molecule has 0 radical (unpaired) electrons. The number of fused-ring (bicyclic) bond motifs is 5. The fraction of sp³-hybridized carbons (Fsp3) is 0.406. The Bertz CT molecular complexity index is 1700. The second-order valence-corrected chi connectivity index (χ2v) is 12.4. The van der Waals surface area contributed by atoms with Crippen LogP contribution in [0.4, 0.5) is 0 Å². The Morgan fingerprint density at radius 1 is 1.12 bits per heavy atom. The van der Waals surface area contributed by atoms with E-state index in [0.717, 1.165) is 38.9 Å². The minimum Gasteiger partial charge on any atom is -0.375 e. The van der Waals surface area contributed by atoms with E-state index in [2.05, 4.69) is 10.3 Å². The predicted molar refractivity (Wildman–Crippen MR) is 155 cm³/mol. The summed E-state index contributed by atoms with van der Waals surface area (Å²) < 4.78 is 5.97. The van der Waals surface area contributed by atoms with E-state index in [1.165, 1.54) is 5.56 Å². The van der Waals surface area contributed by atoms with Gasteiger partial charge in [-0.15, -0.1) is 0 Å². The van der Waals surface area contributed by atoms with Crippen LogP contribution in [0.25, 0.3) is 16.5 Å². The lowest BCUT2D eigenvalue weighted by Gasteiger charge is -2.48. The zero-order valence-corrected chi connectivity index (χ0v) is 23.7. The third-order valence-electron chi connectivity index (χ3n) is 9.88. The van der Waals surface area contributed by atoms with Crippen LogP contribution in [-0.2, 0) is 32.0 Å². The molecule has 222 valence electrons. The van der Waals surface area contributed by atoms with Crippen molar-refractivity contribution in [1.82, 2.24) is 25.0 Å². The van der Waals surface area contributed by atoms with Crippen LogP contribution < -0.4 is 5.32 Å². The summed E-state index contributed by atoms with van der Waals surface area (Å²) >= 11 is 0. The van der Waals surface area contributed by atoms with Gasteiger partial charge in [0.15, 0.2) is 5.60 Å². The third kappa shape index (κ3) is 3.78. The van der Waals surface area contributed by atoms with E-state index in [4.69, 9.17) is 4.74 Å². The van der Waals surface area contributed by atoms with Gasteiger partial charge in [0.1, 0.15) is 12.1 Å². The van der Waals surface area contributed by atoms with Gasteiger partial charge in [0.25, 0.3) is 17.7 Å². The zero-order chi connectivity index (χ0) is 29.7. The molecule has 1 aromatic heterocycles. The summed E-state index contributed by atoms with van der Waals surface area (Å²) in [5, 5.41) is 27.3. The number of amides is 3. The number of ether oxygens (including phenoxy) is 1. The van der Waals surface area contributed by atoms with Crippen LogP contribution in [0.2, 0.25) is 0 Å². The van der Waals surface area contributed by atoms with Crippen molar-refractivity contribution in [3.05, 3.63) is 77.5 Å². The van der Waals surface area contributed by atoms with Crippen LogP contribution in [0.15, 0.2) is 60.8 Å². The van der Waals surface area contributed by atoms with Crippen molar-refractivity contribution in [2.75, 3.05) is 20.1 Å². The highest BCUT2D eigenvalue weighted by atomic mass is 16.7. The number of aromatic nitrogens is 1. The average Bonchev–Trinajstić information content (AvgIpc) is 3.71. The van der Waals surface area contributed by atoms with E-state index in [1.54, 1.807) is 11.0 Å². The molecule has 0 saturated carbocycles. The summed E-state index contributed by atoms with van der Waals surface area (Å²) in [5.41, 5.74) is 2.83. The van der Waals surface area contributed by atoms with Gasteiger partial charge in [-0.25, -0.2) is 0 Å². The van der Waals surface area contributed by atoms with Crippen LogP contribution in [0, 0.1) is 0 Å². The van der Waals surface area contributed by atoms with Gasteiger partial charge in [0, 0.05) is 42.7 Å². The number of nitrogens with zero attached hydrogens (tertiary/aromatic N) is 3. The maximum atomic E-state index is 13.9. The first-order valence-electron chi connectivity index (χ1n) is 14.8. The van der Waals surface area contributed by atoms with Crippen molar-refractivity contribution in [1.29, 1.82) is 0 Å². The molecule has 3 saturated heterocycles. The molecule has 1 aliphatic carbocycles. The van der Waals surface area contributed by atoms with Crippen LogP contribution in [0.1, 0.15) is 29.5 Å². The highest BCUT2D eigenvalue weighted by Gasteiger charge is 2.66. The van der Waals surface area contributed by atoms with Crippen molar-refractivity contribution < 1.29 is 29.3 Å². The number of aromatic amines is 1. The van der Waals surface area contributed by atoms with Crippen LogP contribution >= 0.6 is 0 Å². The summed E-state index contributed by atoms with van der Waals surface area (Å²) in [5.74, 6) is -3.88. The highest BCUT2D eigenvalue weighted by Crippen LogP contribution is 2.44. The molecule has 0 unspecified atom stereocenters. The number of likely N-dealkylation sites (N-methyl/N-ethyl adjacent to an activating group) is 1. The number of carbonyl (C=O) groups is 3. The van der Waals surface area contributed by atoms with E-state index in [-0.39, 0.29) is 24.9 Å². The van der Waals surface area contributed by atoms with Gasteiger partial charge in [0.2, 0.25) is 12.1 Å². The fourth-order valence-corrected chi connectivity index (χ4v) is 7.91. The number of piperazine rings is 1. The maximum absolute atomic E-state index is 13.9. The first-order valence-corrected chi connectivity index (χ1v) is 14.8. The van der Waals surface area contributed by atoms with Gasteiger partial charge < -0.3 is 25.4 Å². The van der Waals surface area contributed by atoms with E-state index in [0.29, 0.717) is 19.4 Å². The number of rotatable bonds is 4. The third-order valence-corrected chi connectivity index (χ3v) is 9.88. The normalized spacial score (nSPS) is 33.3. The fourth-order valence-electron chi connectivity index (χ4n) is 7.91. The minimum absolute atomic E-state index is 0.00312. The smallest absolute Gasteiger partial charge is 0.277 e. The summed E-state index contributed by atoms with van der Waals surface area (Å²) in [7, 11) is 1.86. The molecule has 3 amide bonds. The Kier molecular flexibility index (Phi) is 5.71. The minimum atomic E-state index is -2.10. The SMILES string of the molecule is CN1C[C@](O)(C(=O)N[C@@H]2O[C@@]3(O)[C@@H]4CCCN4C(=O)[C@H](Cc4ccccc4)N3C2=O)C=C2c3cccc4[nH]cc(c34)C[C@H]21. The largest absolute Gasteiger partial charge is 0.375 e. The molecule has 11 nitrogen and oxygen atoms in total. The molecule has 11 heteroatoms. The number of benzene rings is 2. The zero-order valence-electron chi connectivity index (χ0n) is 23.7. The highest BCUT2D eigenvalue weighted by molar-refractivity contribution is 6.01. The van der Waals surface area contributed by atoms with E-state index < -0.39 is 41.6 Å². The quantitative estimate of drug-likeness (QED) is 0.355. The van der Waals surface area contributed by atoms with Gasteiger partial charge in [0.05, 0.1) is 0 Å². The summed E-state index contributed by atoms with van der Waals surface area (Å²) in [6, 6.07) is 13.4. The Balaban J connectivity index is 1.11. The molecule has 43 heavy (non-hydrogen) atoms. The lowest BCUT2D eigenvalue weighted by molar-refractivity contribution is -0.302. The van der Waals surface area contributed by atoms with Gasteiger partial charge in [-0.2, -0.15) is 0 Å². The number of carbonyl (C=O) groups excluding carboxylic acids is 3. The molecule has 3 fully saturated rings. The number of H-pyrrole nitrogens is 1. The number of aliphatic hydroxyl groups is 2. The number of β-amino-alcohol motifs (C(OH)–C–C–N with tert-alkyl or cyclic N) is 1. The first-order chi connectivity index (χ1) is 20.7. The number of hydrogen-bond donors (Lipinski definition) is 4. The number of nitrogens with one attached hydrogen (secondary N) is 2. The predicted octanol–water partition coefficient (Wildman–Crippen LogP) is 0.716. The first kappa shape index (κ1) is 26.6. The van der Waals surface area contributed by atoms with Gasteiger partial charge in [-0.3, -0.25) is 28.9 Å². The molecule has 4 aliphatic heterocycles. The Morgan fingerprint density at radius 3 is 2.74 bits per heavy atom.